The first-order valence-electron chi connectivity index (χ1n) is 5.59. The molecule has 16 heavy (non-hydrogen) atoms. The molecule has 0 fully saturated rings. The predicted octanol–water partition coefficient (Wildman–Crippen LogP) is 4.18. The molecule has 0 atom stereocenters. The topological polar surface area (TPSA) is 3.24 Å². The zero-order valence-electron chi connectivity index (χ0n) is 10.8. The first-order chi connectivity index (χ1) is 7.28. The van der Waals surface area contributed by atoms with Gasteiger partial charge in [-0.1, -0.05) is 39.0 Å². The minimum atomic E-state index is 0. The lowest BCUT2D eigenvalue weighted by Crippen LogP contribution is -2.21. The summed E-state index contributed by atoms with van der Waals surface area (Å²) in [6.45, 7) is 10.1. The van der Waals surface area contributed by atoms with Crippen molar-refractivity contribution in [3.8, 4) is 0 Å². The van der Waals surface area contributed by atoms with Gasteiger partial charge in [0.1, 0.15) is 0 Å². The summed E-state index contributed by atoms with van der Waals surface area (Å²) in [5.74, 6) is 0. The van der Waals surface area contributed by atoms with E-state index >= 15 is 0 Å². The maximum Gasteiger partial charge on any atom is 0.00691 e. The minimum absolute atomic E-state index is 0. The van der Waals surface area contributed by atoms with Gasteiger partial charge in [0, 0.05) is 4.90 Å². The van der Waals surface area contributed by atoms with Crippen LogP contribution in [-0.4, -0.2) is 30.8 Å². The Bertz CT molecular complexity index is 219. The summed E-state index contributed by atoms with van der Waals surface area (Å²) in [5, 5.41) is 0. The molecular formula is C13H24ClNS. The van der Waals surface area contributed by atoms with Crippen LogP contribution in [0, 0.1) is 0 Å². The fourth-order valence-corrected chi connectivity index (χ4v) is 1.66. The average molecular weight is 262 g/mol. The lowest BCUT2D eigenvalue weighted by molar-refractivity contribution is 0.321. The van der Waals surface area contributed by atoms with Gasteiger partial charge in [0.05, 0.1) is 0 Å². The highest BCUT2D eigenvalue weighted by molar-refractivity contribution is 7.98. The Kier molecular flexibility index (Phi) is 14.7. The van der Waals surface area contributed by atoms with E-state index < -0.39 is 0 Å². The molecule has 0 aliphatic rings. The van der Waals surface area contributed by atoms with Gasteiger partial charge >= 0.3 is 0 Å². The van der Waals surface area contributed by atoms with Crippen molar-refractivity contribution in [2.24, 2.45) is 0 Å². The minimum Gasteiger partial charge on any atom is -0.304 e. The third kappa shape index (κ3) is 9.08. The molecule has 0 radical (unpaired) electrons. The Balaban J connectivity index is 0. The number of nitrogens with zero attached hydrogens (tertiary/aromatic N) is 1. The second-order valence-electron chi connectivity index (χ2n) is 3.14. The molecule has 3 heteroatoms. The molecule has 0 aromatic heterocycles. The molecule has 0 bridgehead atoms. The van der Waals surface area contributed by atoms with Crippen LogP contribution in [0.4, 0.5) is 0 Å². The molecule has 0 aliphatic heterocycles. The predicted molar refractivity (Wildman–Crippen MR) is 78.9 cm³/mol. The van der Waals surface area contributed by atoms with E-state index in [-0.39, 0.29) is 12.4 Å². The molecule has 1 aromatic rings. The van der Waals surface area contributed by atoms with Crippen LogP contribution >= 0.6 is 24.2 Å². The summed E-state index contributed by atoms with van der Waals surface area (Å²) in [7, 11) is 0. The molecule has 1 rings (SSSR count). The van der Waals surface area contributed by atoms with Crippen molar-refractivity contribution in [3.05, 3.63) is 30.3 Å². The van der Waals surface area contributed by atoms with E-state index in [9.17, 15) is 0 Å². The zero-order valence-corrected chi connectivity index (χ0v) is 12.4. The van der Waals surface area contributed by atoms with Crippen LogP contribution in [0.15, 0.2) is 35.2 Å². The van der Waals surface area contributed by atoms with Crippen molar-refractivity contribution >= 4 is 24.2 Å². The molecule has 0 saturated carbocycles. The Morgan fingerprint density at radius 2 is 1.38 bits per heavy atom. The van der Waals surface area contributed by atoms with Crippen molar-refractivity contribution in [2.45, 2.75) is 25.7 Å². The molecule has 0 heterocycles. The highest BCUT2D eigenvalue weighted by Crippen LogP contribution is 2.11. The largest absolute Gasteiger partial charge is 0.304 e. The van der Waals surface area contributed by atoms with Crippen LogP contribution in [0.2, 0.25) is 0 Å². The van der Waals surface area contributed by atoms with Crippen molar-refractivity contribution < 1.29 is 0 Å². The van der Waals surface area contributed by atoms with Gasteiger partial charge in [0.2, 0.25) is 0 Å². The van der Waals surface area contributed by atoms with E-state index in [1.807, 2.05) is 18.2 Å². The van der Waals surface area contributed by atoms with Crippen LogP contribution < -0.4 is 0 Å². The van der Waals surface area contributed by atoms with Gasteiger partial charge in [-0.05, 0) is 38.0 Å². The van der Waals surface area contributed by atoms with E-state index in [2.05, 4.69) is 44.1 Å². The summed E-state index contributed by atoms with van der Waals surface area (Å²) in [6, 6.07) is 10.3. The first kappa shape index (κ1) is 18.2. The van der Waals surface area contributed by atoms with E-state index in [4.69, 9.17) is 0 Å². The third-order valence-corrected chi connectivity index (χ3v) is 3.06. The van der Waals surface area contributed by atoms with Crippen molar-refractivity contribution in [1.29, 1.82) is 0 Å². The third-order valence-electron chi connectivity index (χ3n) is 2.32. The van der Waals surface area contributed by atoms with Crippen molar-refractivity contribution in [1.82, 2.24) is 4.90 Å². The van der Waals surface area contributed by atoms with Crippen molar-refractivity contribution in [2.75, 3.05) is 25.9 Å². The van der Waals surface area contributed by atoms with Crippen molar-refractivity contribution in [3.63, 3.8) is 0 Å². The zero-order chi connectivity index (χ0) is 11.5. The van der Waals surface area contributed by atoms with Crippen LogP contribution in [0.5, 0.6) is 0 Å². The maximum absolute atomic E-state index is 2.38. The molecule has 0 saturated heterocycles. The van der Waals surface area contributed by atoms with Crippen LogP contribution in [0.25, 0.3) is 0 Å². The van der Waals surface area contributed by atoms with Gasteiger partial charge < -0.3 is 4.90 Å². The summed E-state index contributed by atoms with van der Waals surface area (Å²) in [4.78, 5) is 3.70. The number of halogens is 1. The fraction of sp³-hybridized carbons (Fsp3) is 0.538. The quantitative estimate of drug-likeness (QED) is 0.748. The Hall–Kier alpha value is -0.180. The van der Waals surface area contributed by atoms with E-state index in [0.717, 1.165) is 0 Å². The summed E-state index contributed by atoms with van der Waals surface area (Å²) in [5.41, 5.74) is 0. The normalized spacial score (nSPS) is 9.06. The van der Waals surface area contributed by atoms with Gasteiger partial charge in [-0.3, -0.25) is 0 Å². The van der Waals surface area contributed by atoms with Crippen LogP contribution in [0.1, 0.15) is 20.8 Å². The van der Waals surface area contributed by atoms with Gasteiger partial charge in [0.25, 0.3) is 0 Å². The Morgan fingerprint density at radius 1 is 0.938 bits per heavy atom. The molecule has 1 nitrogen and oxygen atoms in total. The van der Waals surface area contributed by atoms with Gasteiger partial charge in [0.15, 0.2) is 0 Å². The van der Waals surface area contributed by atoms with Gasteiger partial charge in [-0.15, -0.1) is 24.2 Å². The lowest BCUT2D eigenvalue weighted by atomic mass is 10.4. The molecule has 94 valence electrons. The fourth-order valence-electron chi connectivity index (χ4n) is 1.23. The van der Waals surface area contributed by atoms with Gasteiger partial charge in [-0.2, -0.15) is 0 Å². The molecule has 0 N–H and O–H groups in total. The number of benzene rings is 1. The lowest BCUT2D eigenvalue weighted by Gasteiger charge is -2.13. The first-order valence-corrected chi connectivity index (χ1v) is 6.82. The summed E-state index contributed by atoms with van der Waals surface area (Å²) >= 11 is 1.77. The van der Waals surface area contributed by atoms with Crippen LogP contribution in [0.3, 0.4) is 0 Å². The Labute approximate surface area is 111 Å². The van der Waals surface area contributed by atoms with Crippen LogP contribution in [-0.2, 0) is 0 Å². The molecule has 0 aliphatic carbocycles. The van der Waals surface area contributed by atoms with E-state index in [0.29, 0.717) is 0 Å². The molecule has 0 spiro atoms. The van der Waals surface area contributed by atoms with Gasteiger partial charge in [-0.25, -0.2) is 0 Å². The van der Waals surface area contributed by atoms with E-state index in [1.165, 1.54) is 24.5 Å². The number of rotatable bonds is 4. The monoisotopic (exact) mass is 261 g/mol. The number of thioether (sulfide) groups is 1. The molecule has 0 unspecified atom stereocenters. The smallest absolute Gasteiger partial charge is 0.00691 e. The SMILES string of the molecule is CCN(CC)CC.CSc1ccccc1.Cl. The molecular weight excluding hydrogens is 238 g/mol. The highest BCUT2D eigenvalue weighted by Gasteiger charge is 1.89. The van der Waals surface area contributed by atoms with E-state index in [1.54, 1.807) is 11.8 Å². The molecule has 1 aromatic carbocycles. The number of hydrogen-bond donors (Lipinski definition) is 0. The highest BCUT2D eigenvalue weighted by atomic mass is 35.5. The average Bonchev–Trinajstić information content (AvgIpc) is 2.33. The molecule has 0 amide bonds. The second-order valence-corrected chi connectivity index (χ2v) is 4.02. The Morgan fingerprint density at radius 3 is 1.56 bits per heavy atom. The standard InChI is InChI=1S/C7H8S.C6H15N.ClH/c1-8-7-5-3-2-4-6-7;1-4-7(5-2)6-3;/h2-6H,1H3;4-6H2,1-3H3;1H. The summed E-state index contributed by atoms with van der Waals surface area (Å²) < 4.78 is 0. The summed E-state index contributed by atoms with van der Waals surface area (Å²) in [6.07, 6.45) is 2.08. The second kappa shape index (κ2) is 12.9. The maximum atomic E-state index is 2.38. The number of hydrogen-bond acceptors (Lipinski definition) is 2.